The summed E-state index contributed by atoms with van der Waals surface area (Å²) >= 11 is 4.70. The van der Waals surface area contributed by atoms with Crippen molar-refractivity contribution in [3.05, 3.63) is 16.7 Å². The molecule has 0 bridgehead atoms. The Morgan fingerprint density at radius 1 is 1.58 bits per heavy atom. The Balaban J connectivity index is 2.50. The SMILES string of the molecule is Cc1cc(-c2n[nH]c(=S)o2)no1. The van der Waals surface area contributed by atoms with Crippen molar-refractivity contribution in [1.29, 1.82) is 0 Å². The van der Waals surface area contributed by atoms with Crippen LogP contribution in [0.4, 0.5) is 0 Å². The van der Waals surface area contributed by atoms with Crippen LogP contribution in [0.25, 0.3) is 11.6 Å². The minimum atomic E-state index is 0.227. The lowest BCUT2D eigenvalue weighted by Gasteiger charge is -1.78. The van der Waals surface area contributed by atoms with E-state index in [9.17, 15) is 0 Å². The van der Waals surface area contributed by atoms with Crippen molar-refractivity contribution < 1.29 is 8.94 Å². The molecule has 0 aliphatic carbocycles. The van der Waals surface area contributed by atoms with Crippen LogP contribution >= 0.6 is 12.2 Å². The smallest absolute Gasteiger partial charge is 0.284 e. The van der Waals surface area contributed by atoms with Crippen molar-refractivity contribution in [3.8, 4) is 11.6 Å². The standard InChI is InChI=1S/C6H5N3O2S/c1-3-2-4(9-11-3)5-7-8-6(12)10-5/h2H,1H3,(H,8,12). The number of hydrogen-bond acceptors (Lipinski definition) is 5. The molecule has 0 fully saturated rings. The Hall–Kier alpha value is -1.43. The molecule has 2 aromatic rings. The lowest BCUT2D eigenvalue weighted by atomic mass is 10.4. The molecule has 0 radical (unpaired) electrons. The highest BCUT2D eigenvalue weighted by molar-refractivity contribution is 7.71. The van der Waals surface area contributed by atoms with Crippen LogP contribution in [0.5, 0.6) is 0 Å². The van der Waals surface area contributed by atoms with Crippen LogP contribution in [0.1, 0.15) is 5.76 Å². The lowest BCUT2D eigenvalue weighted by Crippen LogP contribution is -1.75. The highest BCUT2D eigenvalue weighted by Gasteiger charge is 2.08. The second-order valence-electron chi connectivity index (χ2n) is 2.24. The Morgan fingerprint density at radius 2 is 2.42 bits per heavy atom. The van der Waals surface area contributed by atoms with E-state index in [2.05, 4.69) is 15.4 Å². The predicted molar refractivity (Wildman–Crippen MR) is 41.9 cm³/mol. The van der Waals surface area contributed by atoms with E-state index >= 15 is 0 Å². The van der Waals surface area contributed by atoms with Gasteiger partial charge in [-0.2, -0.15) is 0 Å². The summed E-state index contributed by atoms with van der Waals surface area (Å²) in [6.45, 7) is 1.79. The topological polar surface area (TPSA) is 67.8 Å². The molecule has 5 nitrogen and oxygen atoms in total. The first kappa shape index (κ1) is 7.23. The number of nitrogens with zero attached hydrogens (tertiary/aromatic N) is 2. The van der Waals surface area contributed by atoms with Gasteiger partial charge in [-0.3, -0.25) is 0 Å². The molecule has 2 rings (SSSR count). The van der Waals surface area contributed by atoms with Gasteiger partial charge >= 0.3 is 0 Å². The van der Waals surface area contributed by atoms with Crippen LogP contribution in [0.3, 0.4) is 0 Å². The molecular formula is C6H5N3O2S. The zero-order valence-electron chi connectivity index (χ0n) is 6.20. The fraction of sp³-hybridized carbons (Fsp3) is 0.167. The molecule has 0 aliphatic rings. The van der Waals surface area contributed by atoms with Crippen molar-refractivity contribution in [2.45, 2.75) is 6.92 Å². The molecule has 0 amide bonds. The molecular weight excluding hydrogens is 178 g/mol. The van der Waals surface area contributed by atoms with E-state index in [1.54, 1.807) is 13.0 Å². The largest absolute Gasteiger partial charge is 0.408 e. The van der Waals surface area contributed by atoms with E-state index in [-0.39, 0.29) is 4.84 Å². The third kappa shape index (κ3) is 1.16. The maximum atomic E-state index is 5.01. The van der Waals surface area contributed by atoms with Gasteiger partial charge in [-0.1, -0.05) is 5.16 Å². The van der Waals surface area contributed by atoms with Crippen molar-refractivity contribution in [2.24, 2.45) is 0 Å². The molecule has 62 valence electrons. The van der Waals surface area contributed by atoms with Crippen LogP contribution in [-0.4, -0.2) is 15.4 Å². The first-order valence-corrected chi connectivity index (χ1v) is 3.66. The van der Waals surface area contributed by atoms with E-state index in [1.165, 1.54) is 0 Å². The monoisotopic (exact) mass is 183 g/mol. The van der Waals surface area contributed by atoms with E-state index in [0.717, 1.165) is 0 Å². The van der Waals surface area contributed by atoms with Crippen LogP contribution in [0.15, 0.2) is 15.0 Å². The van der Waals surface area contributed by atoms with Gasteiger partial charge in [0.15, 0.2) is 5.69 Å². The van der Waals surface area contributed by atoms with E-state index in [1.807, 2.05) is 0 Å². The molecule has 0 aromatic carbocycles. The molecule has 0 unspecified atom stereocenters. The van der Waals surface area contributed by atoms with E-state index in [4.69, 9.17) is 21.2 Å². The molecule has 2 aromatic heterocycles. The highest BCUT2D eigenvalue weighted by atomic mass is 32.1. The zero-order valence-corrected chi connectivity index (χ0v) is 7.01. The average molecular weight is 183 g/mol. The number of hydrogen-bond donors (Lipinski definition) is 1. The molecule has 1 N–H and O–H groups in total. The molecule has 12 heavy (non-hydrogen) atoms. The van der Waals surface area contributed by atoms with Gasteiger partial charge < -0.3 is 8.94 Å². The molecule has 0 saturated carbocycles. The van der Waals surface area contributed by atoms with Crippen LogP contribution in [0, 0.1) is 11.8 Å². The fourth-order valence-electron chi connectivity index (χ4n) is 0.807. The molecule has 6 heteroatoms. The Morgan fingerprint density at radius 3 is 2.92 bits per heavy atom. The van der Waals surface area contributed by atoms with Crippen LogP contribution < -0.4 is 0 Å². The van der Waals surface area contributed by atoms with Crippen molar-refractivity contribution >= 4 is 12.2 Å². The first-order chi connectivity index (χ1) is 5.75. The summed E-state index contributed by atoms with van der Waals surface area (Å²) in [5, 5.41) is 9.98. The maximum Gasteiger partial charge on any atom is 0.284 e. The molecule has 0 spiro atoms. The highest BCUT2D eigenvalue weighted by Crippen LogP contribution is 2.15. The van der Waals surface area contributed by atoms with Crippen molar-refractivity contribution in [1.82, 2.24) is 15.4 Å². The zero-order chi connectivity index (χ0) is 8.55. The van der Waals surface area contributed by atoms with Crippen LogP contribution in [0.2, 0.25) is 0 Å². The summed E-state index contributed by atoms with van der Waals surface area (Å²) in [5.74, 6) is 1.05. The lowest BCUT2D eigenvalue weighted by molar-refractivity contribution is 0.397. The number of rotatable bonds is 1. The summed E-state index contributed by atoms with van der Waals surface area (Å²) < 4.78 is 9.84. The molecule has 2 heterocycles. The van der Waals surface area contributed by atoms with Gasteiger partial charge in [-0.05, 0) is 19.1 Å². The fourth-order valence-corrected chi connectivity index (χ4v) is 0.931. The molecule has 0 aliphatic heterocycles. The van der Waals surface area contributed by atoms with Gasteiger partial charge in [0.05, 0.1) is 0 Å². The minimum absolute atomic E-state index is 0.227. The van der Waals surface area contributed by atoms with Gasteiger partial charge in [-0.25, -0.2) is 5.10 Å². The number of aromatic nitrogens is 3. The number of aromatic amines is 1. The number of H-pyrrole nitrogens is 1. The minimum Gasteiger partial charge on any atom is -0.408 e. The van der Waals surface area contributed by atoms with Crippen molar-refractivity contribution in [3.63, 3.8) is 0 Å². The normalized spacial score (nSPS) is 10.4. The van der Waals surface area contributed by atoms with Gasteiger partial charge in [0.2, 0.25) is 0 Å². The predicted octanol–water partition coefficient (Wildman–Crippen LogP) is 1.70. The summed E-state index contributed by atoms with van der Waals surface area (Å²) in [7, 11) is 0. The molecule has 0 saturated heterocycles. The summed E-state index contributed by atoms with van der Waals surface area (Å²) in [6, 6.07) is 1.72. The molecule has 0 atom stereocenters. The van der Waals surface area contributed by atoms with Gasteiger partial charge in [0.25, 0.3) is 10.7 Å². The van der Waals surface area contributed by atoms with Crippen LogP contribution in [-0.2, 0) is 0 Å². The third-order valence-electron chi connectivity index (χ3n) is 1.29. The quantitative estimate of drug-likeness (QED) is 0.681. The van der Waals surface area contributed by atoms with E-state index in [0.29, 0.717) is 17.3 Å². The second-order valence-corrected chi connectivity index (χ2v) is 2.61. The van der Waals surface area contributed by atoms with Crippen molar-refractivity contribution in [2.75, 3.05) is 0 Å². The first-order valence-electron chi connectivity index (χ1n) is 3.25. The Labute approximate surface area is 72.4 Å². The summed E-state index contributed by atoms with van der Waals surface area (Å²) in [5.41, 5.74) is 0.542. The van der Waals surface area contributed by atoms with E-state index < -0.39 is 0 Å². The number of aryl methyl sites for hydroxylation is 1. The summed E-state index contributed by atoms with van der Waals surface area (Å²) in [4.78, 5) is 0.227. The van der Waals surface area contributed by atoms with Gasteiger partial charge in [-0.15, -0.1) is 5.10 Å². The number of nitrogens with one attached hydrogen (secondary N) is 1. The Bertz CT molecular complexity index is 441. The second kappa shape index (κ2) is 2.56. The average Bonchev–Trinajstić information content (AvgIpc) is 2.58. The van der Waals surface area contributed by atoms with Gasteiger partial charge in [0.1, 0.15) is 5.76 Å². The maximum absolute atomic E-state index is 5.01. The summed E-state index contributed by atoms with van der Waals surface area (Å²) in [6.07, 6.45) is 0. The third-order valence-corrected chi connectivity index (χ3v) is 1.46. The van der Waals surface area contributed by atoms with Gasteiger partial charge in [0, 0.05) is 6.07 Å². The Kier molecular flexibility index (Phi) is 1.54.